The van der Waals surface area contributed by atoms with E-state index in [1.807, 2.05) is 17.7 Å². The number of aryl methyl sites for hydroxylation is 1. The zero-order valence-corrected chi connectivity index (χ0v) is 10.9. The third-order valence-electron chi connectivity index (χ3n) is 2.47. The molecule has 0 radical (unpaired) electrons. The Morgan fingerprint density at radius 3 is 2.56 bits per heavy atom. The van der Waals surface area contributed by atoms with Gasteiger partial charge in [-0.1, -0.05) is 35.3 Å². The van der Waals surface area contributed by atoms with Crippen molar-refractivity contribution in [1.29, 1.82) is 0 Å². The van der Waals surface area contributed by atoms with Gasteiger partial charge in [-0.25, -0.2) is 0 Å². The number of aliphatic hydroxyl groups excluding tert-OH is 1. The van der Waals surface area contributed by atoms with Gasteiger partial charge in [-0.15, -0.1) is 0 Å². The van der Waals surface area contributed by atoms with Gasteiger partial charge in [-0.05, 0) is 34.9 Å². The normalized spacial score (nSPS) is 12.8. The van der Waals surface area contributed by atoms with Gasteiger partial charge in [-0.2, -0.15) is 11.3 Å². The number of hydrogen-bond acceptors (Lipinski definition) is 2. The predicted octanol–water partition coefficient (Wildman–Crippen LogP) is 4.45. The van der Waals surface area contributed by atoms with E-state index < -0.39 is 6.10 Å². The maximum atomic E-state index is 10.2. The van der Waals surface area contributed by atoms with Crippen LogP contribution in [0, 0.1) is 6.92 Å². The molecule has 1 aromatic carbocycles. The van der Waals surface area contributed by atoms with Crippen LogP contribution in [0.15, 0.2) is 29.0 Å². The summed E-state index contributed by atoms with van der Waals surface area (Å²) in [4.78, 5) is 0. The molecule has 0 fully saturated rings. The lowest BCUT2D eigenvalue weighted by Crippen LogP contribution is -2.00. The second-order valence-corrected chi connectivity index (χ2v) is 5.08. The van der Waals surface area contributed by atoms with Crippen molar-refractivity contribution in [2.24, 2.45) is 0 Å². The molecular weight excluding hydrogens is 263 g/mol. The van der Waals surface area contributed by atoms with Gasteiger partial charge in [0.25, 0.3) is 0 Å². The molecule has 0 aliphatic heterocycles. The van der Waals surface area contributed by atoms with E-state index in [4.69, 9.17) is 23.2 Å². The first kappa shape index (κ1) is 11.9. The van der Waals surface area contributed by atoms with Crippen molar-refractivity contribution in [3.63, 3.8) is 0 Å². The van der Waals surface area contributed by atoms with E-state index in [9.17, 15) is 5.11 Å². The summed E-state index contributed by atoms with van der Waals surface area (Å²) in [6, 6.07) is 5.28. The molecule has 0 aliphatic carbocycles. The van der Waals surface area contributed by atoms with E-state index in [2.05, 4.69) is 0 Å². The fourth-order valence-corrected chi connectivity index (χ4v) is 2.83. The summed E-state index contributed by atoms with van der Waals surface area (Å²) < 4.78 is 0. The third-order valence-corrected chi connectivity index (χ3v) is 4.18. The summed E-state index contributed by atoms with van der Waals surface area (Å²) in [6.45, 7) is 1.97. The molecule has 1 atom stereocenters. The standard InChI is InChI=1S/C12H10Cl2OS/c1-7-5-16-6-9(7)12(15)8-3-2-4-10(13)11(8)14/h2-6,12,15H,1H3. The quantitative estimate of drug-likeness (QED) is 0.857. The molecule has 0 bridgehead atoms. The van der Waals surface area contributed by atoms with Crippen LogP contribution in [0.25, 0.3) is 0 Å². The lowest BCUT2D eigenvalue weighted by Gasteiger charge is -2.13. The van der Waals surface area contributed by atoms with Gasteiger partial charge in [0.2, 0.25) is 0 Å². The number of rotatable bonds is 2. The number of thiophene rings is 1. The Kier molecular flexibility index (Phi) is 3.55. The first-order valence-electron chi connectivity index (χ1n) is 4.76. The fraction of sp³-hybridized carbons (Fsp3) is 0.167. The Morgan fingerprint density at radius 1 is 1.19 bits per heavy atom. The first-order chi connectivity index (χ1) is 7.61. The van der Waals surface area contributed by atoms with Gasteiger partial charge in [-0.3, -0.25) is 0 Å². The van der Waals surface area contributed by atoms with Crippen LogP contribution in [0.1, 0.15) is 22.8 Å². The van der Waals surface area contributed by atoms with Crippen LogP contribution in [0.2, 0.25) is 10.0 Å². The van der Waals surface area contributed by atoms with Crippen LogP contribution in [0.3, 0.4) is 0 Å². The number of halogens is 2. The van der Waals surface area contributed by atoms with Gasteiger partial charge >= 0.3 is 0 Å². The second kappa shape index (κ2) is 4.76. The van der Waals surface area contributed by atoms with Gasteiger partial charge in [0.1, 0.15) is 6.10 Å². The summed E-state index contributed by atoms with van der Waals surface area (Å²) in [7, 11) is 0. The first-order valence-corrected chi connectivity index (χ1v) is 6.46. The maximum absolute atomic E-state index is 10.2. The molecule has 84 valence electrons. The monoisotopic (exact) mass is 272 g/mol. The predicted molar refractivity (Wildman–Crippen MR) is 69.6 cm³/mol. The molecule has 1 heterocycles. The van der Waals surface area contributed by atoms with Crippen LogP contribution >= 0.6 is 34.5 Å². The molecule has 1 unspecified atom stereocenters. The fourth-order valence-electron chi connectivity index (χ4n) is 1.55. The molecule has 1 N–H and O–H groups in total. The topological polar surface area (TPSA) is 20.2 Å². The van der Waals surface area contributed by atoms with Crippen LogP contribution in [0.5, 0.6) is 0 Å². The van der Waals surface area contributed by atoms with Crippen molar-refractivity contribution in [2.75, 3.05) is 0 Å². The highest BCUT2D eigenvalue weighted by Crippen LogP contribution is 2.34. The smallest absolute Gasteiger partial charge is 0.107 e. The Hall–Kier alpha value is -0.540. The Balaban J connectivity index is 2.46. The third kappa shape index (κ3) is 2.11. The van der Waals surface area contributed by atoms with Crippen LogP contribution in [-0.2, 0) is 0 Å². The zero-order valence-electron chi connectivity index (χ0n) is 8.58. The number of hydrogen-bond donors (Lipinski definition) is 1. The van der Waals surface area contributed by atoms with Crippen molar-refractivity contribution in [1.82, 2.24) is 0 Å². The average Bonchev–Trinajstić information content (AvgIpc) is 2.68. The molecule has 16 heavy (non-hydrogen) atoms. The molecule has 0 spiro atoms. The molecule has 0 saturated heterocycles. The van der Waals surface area contributed by atoms with Crippen molar-refractivity contribution in [3.8, 4) is 0 Å². The highest BCUT2D eigenvalue weighted by molar-refractivity contribution is 7.08. The minimum absolute atomic E-state index is 0.419. The van der Waals surface area contributed by atoms with Crippen molar-refractivity contribution >= 4 is 34.5 Å². The van der Waals surface area contributed by atoms with Gasteiger partial charge in [0.15, 0.2) is 0 Å². The summed E-state index contributed by atoms with van der Waals surface area (Å²) in [5.41, 5.74) is 2.60. The van der Waals surface area contributed by atoms with E-state index in [-0.39, 0.29) is 0 Å². The van der Waals surface area contributed by atoms with Crippen molar-refractivity contribution < 1.29 is 5.11 Å². The molecule has 0 amide bonds. The Morgan fingerprint density at radius 2 is 1.94 bits per heavy atom. The molecule has 1 aromatic heterocycles. The van der Waals surface area contributed by atoms with Crippen molar-refractivity contribution in [2.45, 2.75) is 13.0 Å². The molecular formula is C12H10Cl2OS. The Bertz CT molecular complexity index is 507. The SMILES string of the molecule is Cc1cscc1C(O)c1cccc(Cl)c1Cl. The van der Waals surface area contributed by atoms with Crippen LogP contribution in [0.4, 0.5) is 0 Å². The lowest BCUT2D eigenvalue weighted by atomic mass is 10.0. The van der Waals surface area contributed by atoms with Crippen molar-refractivity contribution in [3.05, 3.63) is 55.7 Å². The number of aliphatic hydroxyl groups is 1. The van der Waals surface area contributed by atoms with E-state index in [1.54, 1.807) is 29.5 Å². The summed E-state index contributed by atoms with van der Waals surface area (Å²) in [5.74, 6) is 0. The summed E-state index contributed by atoms with van der Waals surface area (Å²) in [5, 5.41) is 15.0. The zero-order chi connectivity index (χ0) is 11.7. The highest BCUT2D eigenvalue weighted by atomic mass is 35.5. The minimum Gasteiger partial charge on any atom is -0.384 e. The minimum atomic E-state index is -0.711. The summed E-state index contributed by atoms with van der Waals surface area (Å²) in [6.07, 6.45) is -0.711. The van der Waals surface area contributed by atoms with E-state index in [0.717, 1.165) is 11.1 Å². The molecule has 2 rings (SSSR count). The second-order valence-electron chi connectivity index (χ2n) is 3.56. The average molecular weight is 273 g/mol. The molecule has 2 aromatic rings. The van der Waals surface area contributed by atoms with E-state index in [0.29, 0.717) is 15.6 Å². The molecule has 1 nitrogen and oxygen atoms in total. The van der Waals surface area contributed by atoms with Gasteiger partial charge in [0.05, 0.1) is 10.0 Å². The van der Waals surface area contributed by atoms with E-state index >= 15 is 0 Å². The highest BCUT2D eigenvalue weighted by Gasteiger charge is 2.17. The van der Waals surface area contributed by atoms with Crippen LogP contribution in [-0.4, -0.2) is 5.11 Å². The maximum Gasteiger partial charge on any atom is 0.107 e. The Labute approximate surface area is 108 Å². The van der Waals surface area contributed by atoms with Crippen LogP contribution < -0.4 is 0 Å². The molecule has 0 aliphatic rings. The van der Waals surface area contributed by atoms with Gasteiger partial charge in [0, 0.05) is 5.56 Å². The largest absolute Gasteiger partial charge is 0.384 e. The molecule has 4 heteroatoms. The van der Waals surface area contributed by atoms with E-state index in [1.165, 1.54) is 0 Å². The lowest BCUT2D eigenvalue weighted by molar-refractivity contribution is 0.220. The summed E-state index contributed by atoms with van der Waals surface area (Å²) >= 11 is 13.6. The van der Waals surface area contributed by atoms with Gasteiger partial charge < -0.3 is 5.11 Å². The molecule has 0 saturated carbocycles. The number of benzene rings is 1.